The normalized spacial score (nSPS) is 23.7. The van der Waals surface area contributed by atoms with Gasteiger partial charge in [0.2, 0.25) is 11.7 Å². The fraction of sp³-hybridized carbons (Fsp3) is 0.565. The van der Waals surface area contributed by atoms with Crippen LogP contribution in [0.4, 0.5) is 13.2 Å². The smallest absolute Gasteiger partial charge is 0.381 e. The van der Waals surface area contributed by atoms with E-state index in [0.717, 1.165) is 31.2 Å². The van der Waals surface area contributed by atoms with Crippen LogP contribution in [-0.4, -0.2) is 52.2 Å². The maximum Gasteiger partial charge on any atom is 0.471 e. The van der Waals surface area contributed by atoms with Crippen molar-refractivity contribution in [3.63, 3.8) is 0 Å². The summed E-state index contributed by atoms with van der Waals surface area (Å²) in [5.74, 6) is -1.90. The third-order valence-corrected chi connectivity index (χ3v) is 6.92. The highest BCUT2D eigenvalue weighted by molar-refractivity contribution is 5.99. The van der Waals surface area contributed by atoms with E-state index < -0.39 is 12.1 Å². The third-order valence-electron chi connectivity index (χ3n) is 6.92. The predicted molar refractivity (Wildman–Crippen MR) is 112 cm³/mol. The molecule has 182 valence electrons. The number of alkyl halides is 3. The van der Waals surface area contributed by atoms with Gasteiger partial charge in [0, 0.05) is 42.8 Å². The molecule has 8 nitrogen and oxygen atoms in total. The van der Waals surface area contributed by atoms with Crippen molar-refractivity contribution in [2.24, 2.45) is 5.92 Å². The lowest BCUT2D eigenvalue weighted by Gasteiger charge is -2.39. The number of halogens is 3. The van der Waals surface area contributed by atoms with Gasteiger partial charge in [0.15, 0.2) is 0 Å². The van der Waals surface area contributed by atoms with Crippen molar-refractivity contribution >= 4 is 11.8 Å². The minimum absolute atomic E-state index is 0.0178. The third kappa shape index (κ3) is 4.40. The summed E-state index contributed by atoms with van der Waals surface area (Å²) in [5, 5.41) is 6.60. The number of hydrogen-bond donors (Lipinski definition) is 1. The van der Waals surface area contributed by atoms with Crippen LogP contribution in [0.5, 0.6) is 0 Å². The van der Waals surface area contributed by atoms with E-state index in [9.17, 15) is 22.8 Å². The zero-order valence-electron chi connectivity index (χ0n) is 18.4. The molecule has 0 spiro atoms. The maximum absolute atomic E-state index is 13.3. The first kappa shape index (κ1) is 22.8. The van der Waals surface area contributed by atoms with E-state index in [1.165, 1.54) is 6.07 Å². The highest BCUT2D eigenvalue weighted by Gasteiger charge is 2.40. The van der Waals surface area contributed by atoms with Crippen LogP contribution in [-0.2, 0) is 22.3 Å². The molecule has 3 aliphatic rings. The fourth-order valence-corrected chi connectivity index (χ4v) is 5.10. The predicted octanol–water partition coefficient (Wildman–Crippen LogP) is 3.57. The van der Waals surface area contributed by atoms with E-state index >= 15 is 0 Å². The number of fused-ring (bicyclic) bond motifs is 1. The average molecular weight is 478 g/mol. The van der Waals surface area contributed by atoms with Crippen molar-refractivity contribution in [2.75, 3.05) is 13.2 Å². The van der Waals surface area contributed by atoms with Gasteiger partial charge in [-0.1, -0.05) is 30.1 Å². The molecule has 0 unspecified atom stereocenters. The van der Waals surface area contributed by atoms with Crippen molar-refractivity contribution in [1.29, 1.82) is 0 Å². The van der Waals surface area contributed by atoms with Gasteiger partial charge in [-0.05, 0) is 37.3 Å². The lowest BCUT2D eigenvalue weighted by atomic mass is 9.88. The van der Waals surface area contributed by atoms with Crippen LogP contribution in [0.15, 0.2) is 22.7 Å². The largest absolute Gasteiger partial charge is 0.471 e. The Balaban J connectivity index is 1.33. The summed E-state index contributed by atoms with van der Waals surface area (Å²) in [6.45, 7) is 1.56. The number of hydrogen-bond acceptors (Lipinski definition) is 6. The van der Waals surface area contributed by atoms with E-state index in [0.29, 0.717) is 38.2 Å². The summed E-state index contributed by atoms with van der Waals surface area (Å²) in [6.07, 6.45) is 0.188. The molecule has 2 atom stereocenters. The number of nitrogens with one attached hydrogen (secondary N) is 1. The quantitative estimate of drug-likeness (QED) is 0.722. The molecular weight excluding hydrogens is 453 g/mol. The van der Waals surface area contributed by atoms with Crippen LogP contribution in [0.1, 0.15) is 60.3 Å². The molecule has 3 heterocycles. The van der Waals surface area contributed by atoms with E-state index in [1.54, 1.807) is 17.0 Å². The molecule has 2 amide bonds. The van der Waals surface area contributed by atoms with Crippen LogP contribution in [0, 0.1) is 5.92 Å². The Hall–Kier alpha value is -2.95. The highest BCUT2D eigenvalue weighted by Crippen LogP contribution is 2.34. The van der Waals surface area contributed by atoms with E-state index in [1.807, 2.05) is 0 Å². The molecule has 34 heavy (non-hydrogen) atoms. The second kappa shape index (κ2) is 9.01. The van der Waals surface area contributed by atoms with Crippen LogP contribution in [0.3, 0.4) is 0 Å². The zero-order valence-corrected chi connectivity index (χ0v) is 18.4. The van der Waals surface area contributed by atoms with Gasteiger partial charge in [-0.25, -0.2) is 0 Å². The van der Waals surface area contributed by atoms with Crippen molar-refractivity contribution in [1.82, 2.24) is 20.4 Å². The summed E-state index contributed by atoms with van der Waals surface area (Å²) < 4.78 is 48.1. The van der Waals surface area contributed by atoms with Crippen LogP contribution < -0.4 is 5.32 Å². The Morgan fingerprint density at radius 3 is 2.62 bits per heavy atom. The van der Waals surface area contributed by atoms with E-state index in [-0.39, 0.29) is 41.2 Å². The van der Waals surface area contributed by atoms with Gasteiger partial charge in [-0.3, -0.25) is 9.59 Å². The van der Waals surface area contributed by atoms with Gasteiger partial charge < -0.3 is 19.5 Å². The number of amides is 2. The average Bonchev–Trinajstić information content (AvgIpc) is 3.45. The molecule has 2 fully saturated rings. The van der Waals surface area contributed by atoms with E-state index in [2.05, 4.69) is 20.0 Å². The Bertz CT molecular complexity index is 1080. The Morgan fingerprint density at radius 1 is 1.12 bits per heavy atom. The lowest BCUT2D eigenvalue weighted by molar-refractivity contribution is -0.159. The first-order valence-electron chi connectivity index (χ1n) is 11.5. The van der Waals surface area contributed by atoms with Crippen molar-refractivity contribution < 1.29 is 32.0 Å². The number of carbonyl (C=O) groups excluding carboxylic acids is 2. The number of ether oxygens (including phenoxy) is 1. The molecule has 1 N–H and O–H groups in total. The van der Waals surface area contributed by atoms with Gasteiger partial charge in [0.1, 0.15) is 0 Å². The summed E-state index contributed by atoms with van der Waals surface area (Å²) in [4.78, 5) is 31.4. The topological polar surface area (TPSA) is 97.6 Å². The molecule has 2 aliphatic heterocycles. The Kier molecular flexibility index (Phi) is 6.05. The van der Waals surface area contributed by atoms with Gasteiger partial charge in [-0.15, -0.1) is 0 Å². The number of aromatic nitrogens is 2. The van der Waals surface area contributed by atoms with Crippen LogP contribution in [0.25, 0.3) is 11.4 Å². The monoisotopic (exact) mass is 478 g/mol. The number of carbonyl (C=O) groups is 2. The molecule has 0 bridgehead atoms. The van der Waals surface area contributed by atoms with Crippen LogP contribution in [0.2, 0.25) is 0 Å². The number of rotatable bonds is 4. The maximum atomic E-state index is 13.3. The molecule has 1 aromatic carbocycles. The summed E-state index contributed by atoms with van der Waals surface area (Å²) in [7, 11) is 0. The molecular formula is C23H25F3N4O4. The van der Waals surface area contributed by atoms with Gasteiger partial charge in [0.05, 0.1) is 6.04 Å². The minimum atomic E-state index is -4.74. The second-order valence-electron chi connectivity index (χ2n) is 9.08. The molecule has 1 aliphatic carbocycles. The molecule has 1 saturated carbocycles. The molecule has 11 heteroatoms. The molecule has 1 aromatic heterocycles. The standard InChI is InChI=1S/C23H25F3N4O4/c24-23(25,26)22-28-19(29-34-22)14-5-6-15-12-30(21(32)16(15)11-14)18-4-2-1-3-17(18)27-20(31)13-7-9-33-10-8-13/h5-6,11,13,17-18H,1-4,7-10,12H2,(H,27,31)/t17-,18-/m1/s1. The SMILES string of the molecule is O=C(N[C@@H]1CCCC[C@H]1N1Cc2ccc(-c3noc(C(F)(F)F)n3)cc2C1=O)C1CCOCC1. The zero-order chi connectivity index (χ0) is 23.9. The van der Waals surface area contributed by atoms with Gasteiger partial charge >= 0.3 is 12.1 Å². The Morgan fingerprint density at radius 2 is 1.88 bits per heavy atom. The minimum Gasteiger partial charge on any atom is -0.381 e. The van der Waals surface area contributed by atoms with Gasteiger partial charge in [-0.2, -0.15) is 18.2 Å². The summed E-state index contributed by atoms with van der Waals surface area (Å²) >= 11 is 0. The first-order chi connectivity index (χ1) is 16.3. The van der Waals surface area contributed by atoms with Crippen LogP contribution >= 0.6 is 0 Å². The lowest BCUT2D eigenvalue weighted by Crippen LogP contribution is -2.54. The molecule has 5 rings (SSSR count). The van der Waals surface area contributed by atoms with Gasteiger partial charge in [0.25, 0.3) is 5.91 Å². The second-order valence-corrected chi connectivity index (χ2v) is 9.08. The fourth-order valence-electron chi connectivity index (χ4n) is 5.10. The first-order valence-corrected chi connectivity index (χ1v) is 11.5. The van der Waals surface area contributed by atoms with Crippen molar-refractivity contribution in [3.05, 3.63) is 35.2 Å². The Labute approximate surface area is 193 Å². The van der Waals surface area contributed by atoms with Crippen molar-refractivity contribution in [3.8, 4) is 11.4 Å². The molecule has 0 radical (unpaired) electrons. The molecule has 1 saturated heterocycles. The summed E-state index contributed by atoms with van der Waals surface area (Å²) in [5.41, 5.74) is 1.48. The highest BCUT2D eigenvalue weighted by atomic mass is 19.4. The number of nitrogens with zero attached hydrogens (tertiary/aromatic N) is 3. The summed E-state index contributed by atoms with van der Waals surface area (Å²) in [6, 6.07) is 4.55. The van der Waals surface area contributed by atoms with E-state index in [4.69, 9.17) is 4.74 Å². The number of benzene rings is 1. The van der Waals surface area contributed by atoms with Crippen molar-refractivity contribution in [2.45, 2.75) is 63.3 Å². The molecule has 2 aromatic rings.